The largest absolute Gasteiger partial charge is 0.466 e. The fraction of sp³-hybridized carbons (Fsp3) is 0.969. The first-order valence-electron chi connectivity index (χ1n) is 32.3. The lowest BCUT2D eigenvalue weighted by molar-refractivity contribution is -0.143. The predicted molar refractivity (Wildman–Crippen MR) is 306 cm³/mol. The minimum Gasteiger partial charge on any atom is -0.466 e. The average molecular weight is 991 g/mol. The van der Waals surface area contributed by atoms with Gasteiger partial charge in [0.25, 0.3) is 0 Å². The molecule has 2 atom stereocenters. The monoisotopic (exact) mass is 990 g/mol. The molecule has 0 saturated carbocycles. The minimum atomic E-state index is -0.660. The summed E-state index contributed by atoms with van der Waals surface area (Å²) in [6.07, 6.45) is 71.3. The Morgan fingerprint density at radius 3 is 0.871 bits per heavy atom. The van der Waals surface area contributed by atoms with E-state index >= 15 is 0 Å². The molecule has 0 aromatic heterocycles. The number of nitrogens with one attached hydrogen (secondary N) is 1. The van der Waals surface area contributed by atoms with Crippen LogP contribution in [0.15, 0.2) is 0 Å². The molecule has 0 spiro atoms. The molecule has 1 amide bonds. The molecule has 70 heavy (non-hydrogen) atoms. The van der Waals surface area contributed by atoms with E-state index < -0.39 is 12.1 Å². The van der Waals surface area contributed by atoms with Gasteiger partial charge in [-0.2, -0.15) is 0 Å². The lowest BCUT2D eigenvalue weighted by atomic mass is 10.0. The summed E-state index contributed by atoms with van der Waals surface area (Å²) in [7, 11) is 0. The van der Waals surface area contributed by atoms with Gasteiger partial charge in [-0.15, -0.1) is 0 Å². The molecule has 0 aliphatic heterocycles. The summed E-state index contributed by atoms with van der Waals surface area (Å²) in [5, 5.41) is 23.2. The van der Waals surface area contributed by atoms with Gasteiger partial charge in [0, 0.05) is 12.8 Å². The van der Waals surface area contributed by atoms with Crippen LogP contribution >= 0.6 is 0 Å². The third kappa shape index (κ3) is 56.2. The summed E-state index contributed by atoms with van der Waals surface area (Å²) in [5.74, 6) is -0.00978. The number of rotatable bonds is 61. The van der Waals surface area contributed by atoms with Gasteiger partial charge in [0.2, 0.25) is 5.91 Å². The lowest BCUT2D eigenvalue weighted by Crippen LogP contribution is -2.45. The molecule has 0 bridgehead atoms. The number of carbonyl (C=O) groups excluding carboxylic acids is 2. The number of ether oxygens (including phenoxy) is 1. The average Bonchev–Trinajstić information content (AvgIpc) is 3.36. The van der Waals surface area contributed by atoms with E-state index in [1.807, 2.05) is 0 Å². The second kappa shape index (κ2) is 60.4. The molecule has 0 fully saturated rings. The van der Waals surface area contributed by atoms with E-state index in [9.17, 15) is 19.8 Å². The van der Waals surface area contributed by atoms with Gasteiger partial charge < -0.3 is 20.3 Å². The van der Waals surface area contributed by atoms with Crippen molar-refractivity contribution in [2.75, 3.05) is 13.2 Å². The summed E-state index contributed by atoms with van der Waals surface area (Å²) in [4.78, 5) is 24.5. The van der Waals surface area contributed by atoms with Crippen LogP contribution in [0.2, 0.25) is 0 Å². The number of hydrogen-bond donors (Lipinski definition) is 3. The van der Waals surface area contributed by atoms with E-state index in [1.54, 1.807) is 0 Å². The second-order valence-corrected chi connectivity index (χ2v) is 22.5. The van der Waals surface area contributed by atoms with E-state index in [1.165, 1.54) is 302 Å². The minimum absolute atomic E-state index is 0.0217. The van der Waals surface area contributed by atoms with Crippen molar-refractivity contribution >= 4 is 11.9 Å². The summed E-state index contributed by atoms with van der Waals surface area (Å²) in [5.41, 5.74) is 0. The third-order valence-electron chi connectivity index (χ3n) is 15.4. The smallest absolute Gasteiger partial charge is 0.305 e. The molecule has 0 heterocycles. The predicted octanol–water partition coefficient (Wildman–Crippen LogP) is 20.3. The molecule has 6 nitrogen and oxygen atoms in total. The van der Waals surface area contributed by atoms with Crippen molar-refractivity contribution in [1.29, 1.82) is 0 Å². The highest BCUT2D eigenvalue weighted by Crippen LogP contribution is 2.19. The van der Waals surface area contributed by atoms with Gasteiger partial charge in [0.1, 0.15) is 0 Å². The summed E-state index contributed by atoms with van der Waals surface area (Å²) in [6, 6.07) is -0.537. The van der Waals surface area contributed by atoms with Crippen molar-refractivity contribution in [3.05, 3.63) is 0 Å². The van der Waals surface area contributed by atoms with Crippen molar-refractivity contribution in [1.82, 2.24) is 5.32 Å². The van der Waals surface area contributed by atoms with Gasteiger partial charge in [0.15, 0.2) is 0 Å². The number of aliphatic hydroxyl groups is 2. The Morgan fingerprint density at radius 2 is 0.586 bits per heavy atom. The summed E-state index contributed by atoms with van der Waals surface area (Å²) in [6.45, 7) is 4.98. The van der Waals surface area contributed by atoms with Crippen LogP contribution in [0.3, 0.4) is 0 Å². The van der Waals surface area contributed by atoms with Crippen molar-refractivity contribution in [3.8, 4) is 0 Å². The zero-order valence-corrected chi connectivity index (χ0v) is 47.8. The number of unbranched alkanes of at least 4 members (excludes halogenated alkanes) is 50. The molecule has 0 aromatic carbocycles. The summed E-state index contributed by atoms with van der Waals surface area (Å²) < 4.78 is 5.50. The standard InChI is InChI=1S/C64H127NO5/c1-3-5-7-9-11-13-15-16-17-31-34-38-42-46-50-54-58-64(69)70-59-55-51-47-43-39-35-32-29-27-25-23-21-19-18-20-22-24-26-28-30-33-37-41-45-49-53-57-63(68)65-61(60-66)62(67)56-52-48-44-40-36-14-12-10-8-6-4-2/h61-62,66-67H,3-60H2,1-2H3,(H,65,68). The highest BCUT2D eigenvalue weighted by molar-refractivity contribution is 5.76. The van der Waals surface area contributed by atoms with Gasteiger partial charge in [-0.25, -0.2) is 0 Å². The molecular weight excluding hydrogens is 863 g/mol. The number of aliphatic hydroxyl groups excluding tert-OH is 2. The SMILES string of the molecule is CCCCCCCCCCCCCCCCCCC(=O)OCCCCCCCCCCCCCCCCCCCCCCCCCCCCC(=O)NC(CO)C(O)CCCCCCCCCCCCC. The Hall–Kier alpha value is -1.14. The van der Waals surface area contributed by atoms with Crippen molar-refractivity contribution in [3.63, 3.8) is 0 Å². The van der Waals surface area contributed by atoms with Crippen LogP contribution in [0.1, 0.15) is 373 Å². The number of hydrogen-bond acceptors (Lipinski definition) is 5. The van der Waals surface area contributed by atoms with Gasteiger partial charge in [-0.3, -0.25) is 9.59 Å². The van der Waals surface area contributed by atoms with E-state index in [4.69, 9.17) is 4.74 Å². The van der Waals surface area contributed by atoms with Crippen LogP contribution in [0, 0.1) is 0 Å². The maximum absolute atomic E-state index is 12.4. The first-order chi connectivity index (χ1) is 34.5. The normalized spacial score (nSPS) is 12.5. The second-order valence-electron chi connectivity index (χ2n) is 22.5. The fourth-order valence-electron chi connectivity index (χ4n) is 10.5. The van der Waals surface area contributed by atoms with Gasteiger partial charge in [-0.1, -0.05) is 335 Å². The molecule has 2 unspecified atom stereocenters. The Morgan fingerprint density at radius 1 is 0.343 bits per heavy atom. The Bertz CT molecular complexity index is 1010. The Kier molecular flexibility index (Phi) is 59.4. The van der Waals surface area contributed by atoms with E-state index in [0.717, 1.165) is 38.5 Å². The van der Waals surface area contributed by atoms with Crippen molar-refractivity contribution in [2.45, 2.75) is 386 Å². The number of carbonyl (C=O) groups is 2. The van der Waals surface area contributed by atoms with Gasteiger partial charge in [0.05, 0.1) is 25.4 Å². The van der Waals surface area contributed by atoms with Crippen LogP contribution in [0.5, 0.6) is 0 Å². The molecule has 0 aromatic rings. The van der Waals surface area contributed by atoms with Crippen LogP contribution in [0.25, 0.3) is 0 Å². The number of amides is 1. The Balaban J connectivity index is 3.31. The molecular formula is C64H127NO5. The highest BCUT2D eigenvalue weighted by atomic mass is 16.5. The van der Waals surface area contributed by atoms with Gasteiger partial charge >= 0.3 is 5.97 Å². The van der Waals surface area contributed by atoms with Crippen molar-refractivity contribution < 1.29 is 24.5 Å². The molecule has 3 N–H and O–H groups in total. The zero-order valence-electron chi connectivity index (χ0n) is 47.8. The quantitative estimate of drug-likeness (QED) is 0.0417. The maximum Gasteiger partial charge on any atom is 0.305 e. The molecule has 0 aliphatic rings. The molecule has 0 rings (SSSR count). The maximum atomic E-state index is 12.4. The summed E-state index contributed by atoms with van der Waals surface area (Å²) >= 11 is 0. The third-order valence-corrected chi connectivity index (χ3v) is 15.4. The van der Waals surface area contributed by atoms with Crippen LogP contribution in [-0.4, -0.2) is 47.4 Å². The van der Waals surface area contributed by atoms with E-state index in [0.29, 0.717) is 25.9 Å². The van der Waals surface area contributed by atoms with Crippen molar-refractivity contribution in [2.24, 2.45) is 0 Å². The van der Waals surface area contributed by atoms with Crippen LogP contribution in [0.4, 0.5) is 0 Å². The highest BCUT2D eigenvalue weighted by Gasteiger charge is 2.20. The van der Waals surface area contributed by atoms with E-state index in [2.05, 4.69) is 19.2 Å². The van der Waals surface area contributed by atoms with Crippen LogP contribution < -0.4 is 5.32 Å². The van der Waals surface area contributed by atoms with E-state index in [-0.39, 0.29) is 18.5 Å². The lowest BCUT2D eigenvalue weighted by Gasteiger charge is -2.22. The van der Waals surface area contributed by atoms with Crippen LogP contribution in [-0.2, 0) is 14.3 Å². The molecule has 0 aliphatic carbocycles. The molecule has 6 heteroatoms. The Labute approximate surface area is 438 Å². The molecule has 0 radical (unpaired) electrons. The zero-order chi connectivity index (χ0) is 50.7. The first-order valence-corrected chi connectivity index (χ1v) is 32.3. The molecule has 418 valence electrons. The number of esters is 1. The molecule has 0 saturated heterocycles. The topological polar surface area (TPSA) is 95.9 Å². The van der Waals surface area contributed by atoms with Gasteiger partial charge in [-0.05, 0) is 25.7 Å². The fourth-order valence-corrected chi connectivity index (χ4v) is 10.5. The first kappa shape index (κ1) is 68.9.